The molecule has 1 N–H and O–H groups in total. The number of hydrogen-bond donors (Lipinski definition) is 1. The topological polar surface area (TPSA) is 60.9 Å². The fourth-order valence-electron chi connectivity index (χ4n) is 2.60. The van der Waals surface area contributed by atoms with Gasteiger partial charge in [0.1, 0.15) is 0 Å². The molecule has 1 heterocycles. The van der Waals surface area contributed by atoms with Crippen LogP contribution in [0.1, 0.15) is 46.5 Å². The van der Waals surface area contributed by atoms with Crippen molar-refractivity contribution in [2.45, 2.75) is 58.5 Å². The average Bonchev–Trinajstić information content (AvgIpc) is 2.70. The summed E-state index contributed by atoms with van der Waals surface area (Å²) >= 11 is 0. The Morgan fingerprint density at radius 3 is 2.50 bits per heavy atom. The molecule has 1 aliphatic heterocycles. The molecular weight excluding hydrogens is 232 g/mol. The Morgan fingerprint density at radius 1 is 1.33 bits per heavy atom. The van der Waals surface area contributed by atoms with Gasteiger partial charge in [0.2, 0.25) is 0 Å². The van der Waals surface area contributed by atoms with Crippen molar-refractivity contribution in [3.63, 3.8) is 0 Å². The van der Waals surface area contributed by atoms with Crippen molar-refractivity contribution < 1.29 is 14.7 Å². The van der Waals surface area contributed by atoms with Crippen molar-refractivity contribution in [2.24, 2.45) is 0 Å². The number of aliphatic carboxylic acids is 1. The largest absolute Gasteiger partial charge is 0.481 e. The Morgan fingerprint density at radius 2 is 2.00 bits per heavy atom. The summed E-state index contributed by atoms with van der Waals surface area (Å²) in [6.07, 6.45) is 3.08. The smallest absolute Gasteiger partial charge is 0.320 e. The highest BCUT2D eigenvalue weighted by molar-refractivity contribution is 5.76. The molecule has 18 heavy (non-hydrogen) atoms. The summed E-state index contributed by atoms with van der Waals surface area (Å²) < 4.78 is 0. The lowest BCUT2D eigenvalue weighted by atomic mass is 10.2. The van der Waals surface area contributed by atoms with Gasteiger partial charge in [-0.1, -0.05) is 6.92 Å². The standard InChI is InChI=1S/C13H24N2O3/c1-4-11-7-6-10(3)15(11)13(18)14(5-2)9-8-12(16)17/h10-11H,4-9H2,1-3H3,(H,16,17). The minimum Gasteiger partial charge on any atom is -0.481 e. The number of carboxylic acids is 1. The van der Waals surface area contributed by atoms with Crippen LogP contribution >= 0.6 is 0 Å². The molecule has 1 fully saturated rings. The van der Waals surface area contributed by atoms with Crippen molar-refractivity contribution in [1.29, 1.82) is 0 Å². The van der Waals surface area contributed by atoms with Gasteiger partial charge < -0.3 is 14.9 Å². The molecule has 1 rings (SSSR count). The third kappa shape index (κ3) is 3.37. The zero-order valence-corrected chi connectivity index (χ0v) is 11.6. The van der Waals surface area contributed by atoms with Crippen LogP contribution in [0.25, 0.3) is 0 Å². The first-order valence-electron chi connectivity index (χ1n) is 6.80. The van der Waals surface area contributed by atoms with E-state index in [2.05, 4.69) is 13.8 Å². The van der Waals surface area contributed by atoms with Crippen LogP contribution < -0.4 is 0 Å². The molecular formula is C13H24N2O3. The molecule has 0 aliphatic carbocycles. The first-order chi connectivity index (χ1) is 8.51. The zero-order chi connectivity index (χ0) is 13.7. The number of carboxylic acid groups (broad SMARTS) is 1. The third-order valence-corrected chi connectivity index (χ3v) is 3.73. The van der Waals surface area contributed by atoms with Gasteiger partial charge in [-0.3, -0.25) is 4.79 Å². The number of likely N-dealkylation sites (tertiary alicyclic amines) is 1. The van der Waals surface area contributed by atoms with E-state index in [1.54, 1.807) is 4.90 Å². The van der Waals surface area contributed by atoms with E-state index < -0.39 is 5.97 Å². The van der Waals surface area contributed by atoms with Crippen LogP contribution in [-0.2, 0) is 4.79 Å². The van der Waals surface area contributed by atoms with Crippen molar-refractivity contribution in [3.8, 4) is 0 Å². The lowest BCUT2D eigenvalue weighted by Gasteiger charge is -2.33. The number of rotatable bonds is 5. The van der Waals surface area contributed by atoms with Gasteiger partial charge in [-0.15, -0.1) is 0 Å². The maximum Gasteiger partial charge on any atom is 0.320 e. The number of nitrogens with zero attached hydrogens (tertiary/aromatic N) is 2. The van der Waals surface area contributed by atoms with Crippen molar-refractivity contribution in [3.05, 3.63) is 0 Å². The van der Waals surface area contributed by atoms with E-state index in [9.17, 15) is 9.59 Å². The summed E-state index contributed by atoms with van der Waals surface area (Å²) in [5.74, 6) is -0.859. The molecule has 1 aliphatic rings. The van der Waals surface area contributed by atoms with E-state index in [1.165, 1.54) is 0 Å². The van der Waals surface area contributed by atoms with Crippen LogP contribution in [0.2, 0.25) is 0 Å². The summed E-state index contributed by atoms with van der Waals surface area (Å²) in [7, 11) is 0. The molecule has 2 amide bonds. The molecule has 5 nitrogen and oxygen atoms in total. The fourth-order valence-corrected chi connectivity index (χ4v) is 2.60. The van der Waals surface area contributed by atoms with Gasteiger partial charge >= 0.3 is 12.0 Å². The monoisotopic (exact) mass is 256 g/mol. The normalized spacial score (nSPS) is 23.2. The third-order valence-electron chi connectivity index (χ3n) is 3.73. The Kier molecular flexibility index (Phi) is 5.44. The predicted molar refractivity (Wildman–Crippen MR) is 69.5 cm³/mol. The van der Waals surface area contributed by atoms with Gasteiger partial charge in [-0.25, -0.2) is 4.79 Å². The van der Waals surface area contributed by atoms with Gasteiger partial charge in [0, 0.05) is 25.2 Å². The number of carbonyl (C=O) groups is 2. The van der Waals surface area contributed by atoms with Crippen LogP contribution in [0.5, 0.6) is 0 Å². The van der Waals surface area contributed by atoms with E-state index >= 15 is 0 Å². The number of amides is 2. The van der Waals surface area contributed by atoms with Gasteiger partial charge in [-0.05, 0) is 33.1 Å². The van der Waals surface area contributed by atoms with Gasteiger partial charge in [-0.2, -0.15) is 0 Å². The summed E-state index contributed by atoms with van der Waals surface area (Å²) in [5.41, 5.74) is 0. The minimum absolute atomic E-state index is 0.00407. The van der Waals surface area contributed by atoms with Crippen LogP contribution in [0.15, 0.2) is 0 Å². The van der Waals surface area contributed by atoms with Gasteiger partial charge in [0.15, 0.2) is 0 Å². The van der Waals surface area contributed by atoms with E-state index in [0.29, 0.717) is 19.1 Å². The van der Waals surface area contributed by atoms with E-state index in [-0.39, 0.29) is 18.5 Å². The average molecular weight is 256 g/mol. The van der Waals surface area contributed by atoms with E-state index in [0.717, 1.165) is 19.3 Å². The summed E-state index contributed by atoms with van der Waals surface area (Å²) in [4.78, 5) is 26.6. The second kappa shape index (κ2) is 6.61. The van der Waals surface area contributed by atoms with Crippen molar-refractivity contribution in [1.82, 2.24) is 9.80 Å². The van der Waals surface area contributed by atoms with Crippen LogP contribution in [0.4, 0.5) is 4.79 Å². The fraction of sp³-hybridized carbons (Fsp3) is 0.846. The molecule has 2 unspecified atom stereocenters. The maximum atomic E-state index is 12.4. The molecule has 0 aromatic heterocycles. The lowest BCUT2D eigenvalue weighted by molar-refractivity contribution is -0.137. The van der Waals surface area contributed by atoms with Crippen molar-refractivity contribution in [2.75, 3.05) is 13.1 Å². The van der Waals surface area contributed by atoms with Crippen molar-refractivity contribution >= 4 is 12.0 Å². The van der Waals surface area contributed by atoms with Crippen LogP contribution in [-0.4, -0.2) is 52.1 Å². The first-order valence-corrected chi connectivity index (χ1v) is 6.80. The van der Waals surface area contributed by atoms with Gasteiger partial charge in [0.25, 0.3) is 0 Å². The Hall–Kier alpha value is -1.26. The molecule has 0 radical (unpaired) electrons. The second-order valence-corrected chi connectivity index (χ2v) is 4.90. The minimum atomic E-state index is -0.859. The maximum absolute atomic E-state index is 12.4. The predicted octanol–water partition coefficient (Wildman–Crippen LogP) is 2.17. The highest BCUT2D eigenvalue weighted by atomic mass is 16.4. The summed E-state index contributed by atoms with van der Waals surface area (Å²) in [6, 6.07) is 0.573. The number of hydrogen-bond acceptors (Lipinski definition) is 2. The highest BCUT2D eigenvalue weighted by Gasteiger charge is 2.35. The quantitative estimate of drug-likeness (QED) is 0.820. The molecule has 0 saturated carbocycles. The molecule has 0 spiro atoms. The van der Waals surface area contributed by atoms with Crippen LogP contribution in [0, 0.1) is 0 Å². The van der Waals surface area contributed by atoms with Gasteiger partial charge in [0.05, 0.1) is 6.42 Å². The molecule has 1 saturated heterocycles. The molecule has 104 valence electrons. The van der Waals surface area contributed by atoms with Crippen LogP contribution in [0.3, 0.4) is 0 Å². The molecule has 0 bridgehead atoms. The Balaban J connectivity index is 2.67. The van der Waals surface area contributed by atoms with E-state index in [1.807, 2.05) is 11.8 Å². The molecule has 0 aromatic carbocycles. The molecule has 0 aromatic rings. The highest BCUT2D eigenvalue weighted by Crippen LogP contribution is 2.27. The molecule has 5 heteroatoms. The number of urea groups is 1. The summed E-state index contributed by atoms with van der Waals surface area (Å²) in [6.45, 7) is 6.91. The molecule has 2 atom stereocenters. The lowest BCUT2D eigenvalue weighted by Crippen LogP contribution is -2.48. The summed E-state index contributed by atoms with van der Waals surface area (Å²) in [5, 5.41) is 8.70. The number of carbonyl (C=O) groups excluding carboxylic acids is 1. The Bertz CT molecular complexity index is 307. The SMILES string of the molecule is CCC1CCC(C)N1C(=O)N(CC)CCC(=O)O. The Labute approximate surface area is 109 Å². The van der Waals surface area contributed by atoms with E-state index in [4.69, 9.17) is 5.11 Å². The second-order valence-electron chi connectivity index (χ2n) is 4.90. The zero-order valence-electron chi connectivity index (χ0n) is 11.6. The first kappa shape index (κ1) is 14.8.